The van der Waals surface area contributed by atoms with Gasteiger partial charge in [-0.05, 0) is 44.9 Å². The van der Waals surface area contributed by atoms with Crippen molar-refractivity contribution in [1.82, 2.24) is 0 Å². The molecule has 3 unspecified atom stereocenters. The van der Waals surface area contributed by atoms with E-state index in [0.717, 1.165) is 44.9 Å². The Balaban J connectivity index is 4.07. The molecule has 0 radical (unpaired) electrons. The second-order valence-electron chi connectivity index (χ2n) is 18.0. The van der Waals surface area contributed by atoms with E-state index in [-0.39, 0.29) is 13.0 Å². The van der Waals surface area contributed by atoms with E-state index in [1.165, 1.54) is 193 Å². The number of unbranched alkanes of at least 4 members (excludes halogenated alkanes) is 33. The van der Waals surface area contributed by atoms with Crippen LogP contribution in [0.2, 0.25) is 0 Å². The van der Waals surface area contributed by atoms with Gasteiger partial charge >= 0.3 is 19.8 Å². The first-order valence-electron chi connectivity index (χ1n) is 26.4. The second-order valence-corrected chi connectivity index (χ2v) is 19.5. The SMILES string of the molecule is CCCCCCC/C=C\C/C=C\CCCCCCCCCCCCCCOCC(COP(=O)(O)OCC(N)C(=O)O)OC(=O)CCCCCCCCCCCCCCCCCCC. The Hall–Kier alpha value is -1.55. The average Bonchev–Trinajstić information content (AvgIpc) is 3.26. The summed E-state index contributed by atoms with van der Waals surface area (Å²) in [5, 5.41) is 8.93. The summed E-state index contributed by atoms with van der Waals surface area (Å²) in [5.74, 6) is -1.77. The van der Waals surface area contributed by atoms with E-state index in [9.17, 15) is 19.0 Å². The molecule has 0 aliphatic carbocycles. The Bertz CT molecular complexity index is 1100. The minimum Gasteiger partial charge on any atom is -0.480 e. The number of phosphoric acid groups is 1. The van der Waals surface area contributed by atoms with Crippen molar-refractivity contribution < 1.29 is 42.7 Å². The monoisotopic (exact) mass is 914 g/mol. The van der Waals surface area contributed by atoms with Crippen LogP contribution >= 0.6 is 7.82 Å². The van der Waals surface area contributed by atoms with Gasteiger partial charge in [0.2, 0.25) is 0 Å². The molecule has 0 amide bonds. The molecule has 372 valence electrons. The van der Waals surface area contributed by atoms with Crippen molar-refractivity contribution in [3.63, 3.8) is 0 Å². The zero-order valence-electron chi connectivity index (χ0n) is 40.9. The van der Waals surface area contributed by atoms with E-state index < -0.39 is 45.1 Å². The summed E-state index contributed by atoms with van der Waals surface area (Å²) >= 11 is 0. The Morgan fingerprint density at radius 1 is 0.508 bits per heavy atom. The largest absolute Gasteiger partial charge is 0.480 e. The average molecular weight is 914 g/mol. The molecule has 10 nitrogen and oxygen atoms in total. The minimum absolute atomic E-state index is 0.0209. The van der Waals surface area contributed by atoms with Gasteiger partial charge in [-0.25, -0.2) is 4.57 Å². The van der Waals surface area contributed by atoms with Crippen molar-refractivity contribution in [2.45, 2.75) is 270 Å². The first kappa shape index (κ1) is 61.5. The van der Waals surface area contributed by atoms with E-state index in [4.69, 9.17) is 29.4 Å². The number of carbonyl (C=O) groups excluding carboxylic acids is 1. The van der Waals surface area contributed by atoms with Crippen molar-refractivity contribution >= 4 is 19.8 Å². The third-order valence-electron chi connectivity index (χ3n) is 11.7. The molecule has 0 aromatic rings. The van der Waals surface area contributed by atoms with Crippen LogP contribution < -0.4 is 5.73 Å². The number of carbonyl (C=O) groups is 2. The van der Waals surface area contributed by atoms with E-state index in [0.29, 0.717) is 6.61 Å². The van der Waals surface area contributed by atoms with Crippen molar-refractivity contribution in [3.05, 3.63) is 24.3 Å². The summed E-state index contributed by atoms with van der Waals surface area (Å²) in [5.41, 5.74) is 5.38. The van der Waals surface area contributed by atoms with E-state index in [1.807, 2.05) is 0 Å². The molecule has 0 aromatic carbocycles. The second kappa shape index (κ2) is 48.4. The Morgan fingerprint density at radius 2 is 0.873 bits per heavy atom. The standard InChI is InChI=1S/C52H100NO9P/c1-3-5-7-9-11-13-15-17-19-21-22-23-24-25-26-27-29-31-33-35-37-39-41-43-45-59-46-49(47-60-63(57,58)61-48-50(53)52(55)56)62-51(54)44-42-40-38-36-34-32-30-28-20-18-16-14-12-10-8-6-4-2/h15,17,21-22,49-50H,3-14,16,18-20,23-48,53H2,1-2H3,(H,55,56)(H,57,58)/b17-15-,22-21-. The van der Waals surface area contributed by atoms with Gasteiger partial charge < -0.3 is 25.2 Å². The molecule has 0 rings (SSSR count). The highest BCUT2D eigenvalue weighted by Crippen LogP contribution is 2.43. The molecule has 0 fully saturated rings. The highest BCUT2D eigenvalue weighted by molar-refractivity contribution is 7.47. The van der Waals surface area contributed by atoms with E-state index in [1.54, 1.807) is 0 Å². The van der Waals surface area contributed by atoms with Gasteiger partial charge in [0.05, 0.1) is 19.8 Å². The van der Waals surface area contributed by atoms with Crippen LogP contribution in [0.15, 0.2) is 24.3 Å². The third kappa shape index (κ3) is 48.2. The summed E-state index contributed by atoms with van der Waals surface area (Å²) in [6.45, 7) is 3.92. The maximum absolute atomic E-state index is 12.7. The molecular formula is C52H100NO9P. The van der Waals surface area contributed by atoms with Gasteiger partial charge in [0, 0.05) is 13.0 Å². The zero-order chi connectivity index (χ0) is 46.2. The number of ether oxygens (including phenoxy) is 2. The van der Waals surface area contributed by atoms with Crippen LogP contribution in [-0.4, -0.2) is 60.5 Å². The molecule has 0 aromatic heterocycles. The Labute approximate surface area is 387 Å². The van der Waals surface area contributed by atoms with Gasteiger partial charge in [-0.3, -0.25) is 18.6 Å². The molecule has 11 heteroatoms. The lowest BCUT2D eigenvalue weighted by Crippen LogP contribution is -2.34. The molecule has 0 heterocycles. The minimum atomic E-state index is -4.62. The molecular weight excluding hydrogens is 814 g/mol. The number of allylic oxidation sites excluding steroid dienone is 4. The van der Waals surface area contributed by atoms with Crippen LogP contribution in [0.4, 0.5) is 0 Å². The fourth-order valence-corrected chi connectivity index (χ4v) is 8.42. The number of phosphoric ester groups is 1. The van der Waals surface area contributed by atoms with Crippen LogP contribution in [0.1, 0.15) is 258 Å². The lowest BCUT2D eigenvalue weighted by molar-refractivity contribution is -0.154. The maximum Gasteiger partial charge on any atom is 0.472 e. The van der Waals surface area contributed by atoms with Gasteiger partial charge in [-0.1, -0.05) is 231 Å². The molecule has 0 aliphatic rings. The van der Waals surface area contributed by atoms with Gasteiger partial charge in [0.25, 0.3) is 0 Å². The quantitative estimate of drug-likeness (QED) is 0.0232. The molecule has 4 N–H and O–H groups in total. The predicted molar refractivity (Wildman–Crippen MR) is 263 cm³/mol. The zero-order valence-corrected chi connectivity index (χ0v) is 41.8. The summed E-state index contributed by atoms with van der Waals surface area (Å²) in [6.07, 6.45) is 55.2. The first-order valence-corrected chi connectivity index (χ1v) is 27.9. The first-order chi connectivity index (χ1) is 30.7. The summed E-state index contributed by atoms with van der Waals surface area (Å²) in [6, 6.07) is -1.47. The van der Waals surface area contributed by atoms with Gasteiger partial charge in [-0.15, -0.1) is 0 Å². The van der Waals surface area contributed by atoms with Crippen LogP contribution in [0, 0.1) is 0 Å². The van der Waals surface area contributed by atoms with Crippen LogP contribution in [0.5, 0.6) is 0 Å². The van der Waals surface area contributed by atoms with Crippen molar-refractivity contribution in [1.29, 1.82) is 0 Å². The molecule has 0 bridgehead atoms. The van der Waals surface area contributed by atoms with Gasteiger partial charge in [0.15, 0.2) is 0 Å². The lowest BCUT2D eigenvalue weighted by Gasteiger charge is -2.20. The number of hydrogen-bond acceptors (Lipinski definition) is 8. The van der Waals surface area contributed by atoms with Crippen LogP contribution in [-0.2, 0) is 32.7 Å². The molecule has 0 spiro atoms. The van der Waals surface area contributed by atoms with E-state index in [2.05, 4.69) is 38.2 Å². The molecule has 0 saturated heterocycles. The maximum atomic E-state index is 12.7. The number of rotatable bonds is 51. The number of carboxylic acid groups (broad SMARTS) is 1. The van der Waals surface area contributed by atoms with Crippen molar-refractivity contribution in [3.8, 4) is 0 Å². The third-order valence-corrected chi connectivity index (χ3v) is 12.7. The Kier molecular flexibility index (Phi) is 47.2. The number of carboxylic acids is 1. The lowest BCUT2D eigenvalue weighted by atomic mass is 10.0. The van der Waals surface area contributed by atoms with Gasteiger partial charge in [-0.2, -0.15) is 0 Å². The Morgan fingerprint density at radius 3 is 1.29 bits per heavy atom. The number of esters is 1. The highest BCUT2D eigenvalue weighted by Gasteiger charge is 2.27. The predicted octanol–water partition coefficient (Wildman–Crippen LogP) is 15.4. The number of hydrogen-bond donors (Lipinski definition) is 3. The smallest absolute Gasteiger partial charge is 0.472 e. The summed E-state index contributed by atoms with van der Waals surface area (Å²) in [7, 11) is -4.62. The molecule has 3 atom stereocenters. The van der Waals surface area contributed by atoms with Crippen LogP contribution in [0.3, 0.4) is 0 Å². The van der Waals surface area contributed by atoms with Crippen molar-refractivity contribution in [2.75, 3.05) is 26.4 Å². The fourth-order valence-electron chi connectivity index (χ4n) is 7.64. The number of nitrogens with two attached hydrogens (primary N) is 1. The van der Waals surface area contributed by atoms with Crippen molar-refractivity contribution in [2.24, 2.45) is 5.73 Å². The molecule has 0 aliphatic heterocycles. The highest BCUT2D eigenvalue weighted by atomic mass is 31.2. The van der Waals surface area contributed by atoms with E-state index >= 15 is 0 Å². The summed E-state index contributed by atoms with van der Waals surface area (Å²) < 4.78 is 33.5. The van der Waals surface area contributed by atoms with Gasteiger partial charge in [0.1, 0.15) is 12.1 Å². The number of aliphatic carboxylic acids is 1. The topological polar surface area (TPSA) is 155 Å². The summed E-state index contributed by atoms with van der Waals surface area (Å²) in [4.78, 5) is 33.7. The normalized spacial score (nSPS) is 13.8. The molecule has 63 heavy (non-hydrogen) atoms. The fraction of sp³-hybridized carbons (Fsp3) is 0.885. The molecule has 0 saturated carbocycles. The van der Waals surface area contributed by atoms with Crippen LogP contribution in [0.25, 0.3) is 0 Å².